The van der Waals surface area contributed by atoms with Crippen molar-refractivity contribution in [3.63, 3.8) is 0 Å². The highest BCUT2D eigenvalue weighted by molar-refractivity contribution is 5.58. The predicted molar refractivity (Wildman–Crippen MR) is 42.2 cm³/mol. The molecule has 1 aliphatic carbocycles. The highest BCUT2D eigenvalue weighted by Gasteiger charge is 2.14. The molecule has 1 atom stereocenters. The Morgan fingerprint density at radius 2 is 2.45 bits per heavy atom. The zero-order valence-corrected chi connectivity index (χ0v) is 6.37. The third-order valence-corrected chi connectivity index (χ3v) is 2.02. The molecule has 2 nitrogen and oxygen atoms in total. The number of furan rings is 1. The second kappa shape index (κ2) is 2.24. The van der Waals surface area contributed by atoms with Crippen LogP contribution in [0.4, 0.5) is 0 Å². The lowest BCUT2D eigenvalue weighted by atomic mass is 9.99. The highest BCUT2D eigenvalue weighted by atomic mass is 16.3. The maximum absolute atomic E-state index is 9.24. The molecule has 1 heterocycles. The van der Waals surface area contributed by atoms with Gasteiger partial charge in [0.25, 0.3) is 0 Å². The first-order valence-corrected chi connectivity index (χ1v) is 3.70. The van der Waals surface area contributed by atoms with E-state index in [1.165, 1.54) is 0 Å². The number of fused-ring (bicyclic) bond motifs is 1. The molecule has 0 bridgehead atoms. The Hall–Kier alpha value is -1.02. The minimum Gasteiger partial charge on any atom is -0.469 e. The fraction of sp³-hybridized carbons (Fsp3) is 0.333. The maximum Gasteiger partial charge on any atom is 0.108 e. The number of rotatable bonds is 0. The zero-order chi connectivity index (χ0) is 7.84. The maximum atomic E-state index is 9.24. The monoisotopic (exact) mass is 150 g/mol. The largest absolute Gasteiger partial charge is 0.469 e. The molecule has 0 aliphatic heterocycles. The Morgan fingerprint density at radius 1 is 1.64 bits per heavy atom. The molecule has 1 N–H and O–H groups in total. The first kappa shape index (κ1) is 6.68. The summed E-state index contributed by atoms with van der Waals surface area (Å²) in [6, 6.07) is 0. The van der Waals surface area contributed by atoms with E-state index in [0.29, 0.717) is 6.42 Å². The van der Waals surface area contributed by atoms with Crippen molar-refractivity contribution < 1.29 is 9.52 Å². The summed E-state index contributed by atoms with van der Waals surface area (Å²) < 4.78 is 5.20. The van der Waals surface area contributed by atoms with Crippen molar-refractivity contribution in [2.45, 2.75) is 19.4 Å². The van der Waals surface area contributed by atoms with Gasteiger partial charge in [0.2, 0.25) is 0 Å². The topological polar surface area (TPSA) is 33.4 Å². The van der Waals surface area contributed by atoms with E-state index in [9.17, 15) is 5.11 Å². The highest BCUT2D eigenvalue weighted by Crippen LogP contribution is 2.23. The van der Waals surface area contributed by atoms with Crippen molar-refractivity contribution in [3.8, 4) is 0 Å². The van der Waals surface area contributed by atoms with Crippen molar-refractivity contribution in [2.24, 2.45) is 0 Å². The average Bonchev–Trinajstić information content (AvgIpc) is 2.32. The molecule has 0 radical (unpaired) electrons. The lowest BCUT2D eigenvalue weighted by Crippen LogP contribution is -2.09. The van der Waals surface area contributed by atoms with Crippen LogP contribution in [-0.4, -0.2) is 11.2 Å². The summed E-state index contributed by atoms with van der Waals surface area (Å²) in [7, 11) is 0. The molecule has 0 amide bonds. The van der Waals surface area contributed by atoms with Crippen LogP contribution >= 0.6 is 0 Å². The minimum absolute atomic E-state index is 0.334. The molecule has 0 saturated heterocycles. The SMILES string of the molecule is Cc1occ2c1C=CC(O)C2. The fourth-order valence-corrected chi connectivity index (χ4v) is 1.40. The summed E-state index contributed by atoms with van der Waals surface area (Å²) in [6.45, 7) is 1.93. The van der Waals surface area contributed by atoms with Gasteiger partial charge in [0.1, 0.15) is 5.76 Å². The summed E-state index contributed by atoms with van der Waals surface area (Å²) in [5, 5.41) is 9.24. The molecule has 11 heavy (non-hydrogen) atoms. The van der Waals surface area contributed by atoms with Crippen molar-refractivity contribution >= 4 is 6.08 Å². The van der Waals surface area contributed by atoms with Gasteiger partial charge in [-0.3, -0.25) is 0 Å². The third kappa shape index (κ3) is 0.994. The number of aliphatic hydroxyl groups excluding tert-OH is 1. The van der Waals surface area contributed by atoms with Crippen molar-refractivity contribution in [1.82, 2.24) is 0 Å². The molecule has 1 unspecified atom stereocenters. The number of aliphatic hydroxyl groups is 1. The van der Waals surface area contributed by atoms with Crippen LogP contribution in [0.5, 0.6) is 0 Å². The summed E-state index contributed by atoms with van der Waals surface area (Å²) in [6.07, 6.45) is 5.78. The number of hydrogen-bond donors (Lipinski definition) is 1. The van der Waals surface area contributed by atoms with Crippen molar-refractivity contribution in [1.29, 1.82) is 0 Å². The standard InChI is InChI=1S/C9H10O2/c1-6-9-3-2-8(10)4-7(9)5-11-6/h2-3,5,8,10H,4H2,1H3. The van der Waals surface area contributed by atoms with Crippen LogP contribution in [0.15, 0.2) is 16.8 Å². The van der Waals surface area contributed by atoms with Gasteiger partial charge in [-0.25, -0.2) is 0 Å². The number of hydrogen-bond acceptors (Lipinski definition) is 2. The Morgan fingerprint density at radius 3 is 3.27 bits per heavy atom. The zero-order valence-electron chi connectivity index (χ0n) is 6.37. The molecule has 0 fully saturated rings. The van der Waals surface area contributed by atoms with Gasteiger partial charge < -0.3 is 9.52 Å². The van der Waals surface area contributed by atoms with E-state index in [4.69, 9.17) is 4.42 Å². The van der Waals surface area contributed by atoms with Gasteiger partial charge >= 0.3 is 0 Å². The Labute approximate surface area is 65.1 Å². The molecular weight excluding hydrogens is 140 g/mol. The third-order valence-electron chi connectivity index (χ3n) is 2.02. The van der Waals surface area contributed by atoms with Crippen LogP contribution in [0, 0.1) is 6.92 Å². The van der Waals surface area contributed by atoms with Crippen molar-refractivity contribution in [2.75, 3.05) is 0 Å². The lowest BCUT2D eigenvalue weighted by Gasteiger charge is -2.09. The average molecular weight is 150 g/mol. The van der Waals surface area contributed by atoms with E-state index in [2.05, 4.69) is 0 Å². The molecule has 0 spiro atoms. The van der Waals surface area contributed by atoms with E-state index in [1.807, 2.05) is 13.0 Å². The van der Waals surface area contributed by atoms with E-state index < -0.39 is 0 Å². The van der Waals surface area contributed by atoms with Crippen molar-refractivity contribution in [3.05, 3.63) is 29.2 Å². The van der Waals surface area contributed by atoms with Gasteiger partial charge in [-0.1, -0.05) is 12.2 Å². The number of aryl methyl sites for hydroxylation is 1. The summed E-state index contributed by atoms with van der Waals surface area (Å²) >= 11 is 0. The van der Waals surface area contributed by atoms with Crippen LogP contribution in [0.25, 0.3) is 6.08 Å². The van der Waals surface area contributed by atoms with Gasteiger partial charge in [-0.15, -0.1) is 0 Å². The molecule has 1 aliphatic rings. The molecular formula is C9H10O2. The molecule has 2 rings (SSSR count). The predicted octanol–water partition coefficient (Wildman–Crippen LogP) is 1.52. The first-order chi connectivity index (χ1) is 5.27. The molecule has 1 aromatic heterocycles. The lowest BCUT2D eigenvalue weighted by molar-refractivity contribution is 0.223. The van der Waals surface area contributed by atoms with Gasteiger partial charge in [0.05, 0.1) is 12.4 Å². The second-order valence-electron chi connectivity index (χ2n) is 2.86. The molecule has 2 heteroatoms. The minimum atomic E-state index is -0.334. The van der Waals surface area contributed by atoms with Gasteiger partial charge in [0, 0.05) is 17.5 Å². The van der Waals surface area contributed by atoms with Crippen LogP contribution in [0.3, 0.4) is 0 Å². The molecule has 58 valence electrons. The van der Waals surface area contributed by atoms with Crippen LogP contribution in [-0.2, 0) is 6.42 Å². The normalized spacial score (nSPS) is 21.8. The van der Waals surface area contributed by atoms with Gasteiger partial charge in [-0.05, 0) is 6.92 Å². The van der Waals surface area contributed by atoms with Gasteiger partial charge in [0.15, 0.2) is 0 Å². The summed E-state index contributed by atoms with van der Waals surface area (Å²) in [4.78, 5) is 0. The molecule has 0 aromatic carbocycles. The summed E-state index contributed by atoms with van der Waals surface area (Å²) in [5.74, 6) is 0.933. The van der Waals surface area contributed by atoms with E-state index >= 15 is 0 Å². The second-order valence-corrected chi connectivity index (χ2v) is 2.86. The Kier molecular flexibility index (Phi) is 1.36. The Balaban J connectivity index is 2.48. The smallest absolute Gasteiger partial charge is 0.108 e. The quantitative estimate of drug-likeness (QED) is 0.608. The van der Waals surface area contributed by atoms with Gasteiger partial charge in [-0.2, -0.15) is 0 Å². The van der Waals surface area contributed by atoms with Crippen LogP contribution in [0.2, 0.25) is 0 Å². The molecule has 0 saturated carbocycles. The van der Waals surface area contributed by atoms with E-state index in [-0.39, 0.29) is 6.10 Å². The molecule has 1 aromatic rings. The van der Waals surface area contributed by atoms with Crippen LogP contribution < -0.4 is 0 Å². The first-order valence-electron chi connectivity index (χ1n) is 3.70. The van der Waals surface area contributed by atoms with E-state index in [0.717, 1.165) is 16.9 Å². The van der Waals surface area contributed by atoms with Crippen LogP contribution in [0.1, 0.15) is 16.9 Å². The fourth-order valence-electron chi connectivity index (χ4n) is 1.40. The van der Waals surface area contributed by atoms with E-state index in [1.54, 1.807) is 12.3 Å². The summed E-state index contributed by atoms with van der Waals surface area (Å²) in [5.41, 5.74) is 2.24. The Bertz CT molecular complexity index is 297.